The highest BCUT2D eigenvalue weighted by atomic mass is 16.4. The Morgan fingerprint density at radius 3 is 2.14 bits per heavy atom. The van der Waals surface area contributed by atoms with E-state index in [4.69, 9.17) is 0 Å². The fourth-order valence-electron chi connectivity index (χ4n) is 10.3. The topological polar surface area (TPSA) is 91.7 Å². The van der Waals surface area contributed by atoms with E-state index in [1.54, 1.807) is 0 Å². The van der Waals surface area contributed by atoms with Gasteiger partial charge in [0.25, 0.3) is 0 Å². The summed E-state index contributed by atoms with van der Waals surface area (Å²) in [6.45, 7) is 15.4. The highest BCUT2D eigenvalue weighted by molar-refractivity contribution is 6.19. The zero-order valence-electron chi connectivity index (χ0n) is 23.2. The zero-order chi connectivity index (χ0) is 26.7. The average Bonchev–Trinajstić information content (AvgIpc) is 2.76. The van der Waals surface area contributed by atoms with Crippen LogP contribution in [0.15, 0.2) is 23.3 Å². The molecular weight excluding hydrogens is 452 g/mol. The molecule has 5 aliphatic rings. The number of carbonyl (C=O) groups is 3. The second-order valence-corrected chi connectivity index (χ2v) is 15.0. The Bertz CT molecular complexity index is 1110. The van der Waals surface area contributed by atoms with Crippen LogP contribution in [0.3, 0.4) is 0 Å². The third kappa shape index (κ3) is 2.98. The SMILES string of the molecule is CC1(C)CC[C@]2(C(=O)O)CC[C@]3(C)C(=CC[C@@H]4[C@@]5(C)C=C(C(=O)O)C(=O)C(C)(C)[C@@H]5CC[C@]43C)C2C1. The first-order chi connectivity index (χ1) is 16.5. The molecule has 36 heavy (non-hydrogen) atoms. The van der Waals surface area contributed by atoms with Crippen LogP contribution < -0.4 is 0 Å². The molecule has 1 unspecified atom stereocenters. The summed E-state index contributed by atoms with van der Waals surface area (Å²) >= 11 is 0. The number of fused-ring (bicyclic) bond motifs is 7. The van der Waals surface area contributed by atoms with Crippen LogP contribution in [-0.4, -0.2) is 27.9 Å². The predicted octanol–water partition coefficient (Wildman–Crippen LogP) is 6.67. The van der Waals surface area contributed by atoms with Crippen molar-refractivity contribution in [3.05, 3.63) is 23.3 Å². The van der Waals surface area contributed by atoms with Crippen LogP contribution in [0.1, 0.15) is 99.8 Å². The van der Waals surface area contributed by atoms with Crippen LogP contribution in [0.4, 0.5) is 0 Å². The lowest BCUT2D eigenvalue weighted by molar-refractivity contribution is -0.175. The summed E-state index contributed by atoms with van der Waals surface area (Å²) in [6, 6.07) is 0. The Morgan fingerprint density at radius 1 is 0.889 bits per heavy atom. The fraction of sp³-hybridized carbons (Fsp3) is 0.774. The summed E-state index contributed by atoms with van der Waals surface area (Å²) in [4.78, 5) is 38.2. The van der Waals surface area contributed by atoms with Gasteiger partial charge in [0.1, 0.15) is 0 Å². The van der Waals surface area contributed by atoms with Crippen molar-refractivity contribution in [1.29, 1.82) is 0 Å². The molecule has 198 valence electrons. The molecule has 0 radical (unpaired) electrons. The number of hydrogen-bond acceptors (Lipinski definition) is 3. The van der Waals surface area contributed by atoms with Gasteiger partial charge in [-0.2, -0.15) is 0 Å². The second kappa shape index (κ2) is 7.35. The lowest BCUT2D eigenvalue weighted by Crippen LogP contribution is -2.64. The molecule has 3 saturated carbocycles. The van der Waals surface area contributed by atoms with E-state index in [9.17, 15) is 24.6 Å². The molecule has 2 N–H and O–H groups in total. The minimum atomic E-state index is -1.12. The normalized spacial score (nSPS) is 46.8. The van der Waals surface area contributed by atoms with Crippen molar-refractivity contribution >= 4 is 17.7 Å². The second-order valence-electron chi connectivity index (χ2n) is 15.0. The van der Waals surface area contributed by atoms with Gasteiger partial charge in [0.05, 0.1) is 11.0 Å². The van der Waals surface area contributed by atoms with E-state index in [1.807, 2.05) is 19.9 Å². The molecular formula is C31H44O5. The van der Waals surface area contributed by atoms with Crippen LogP contribution in [0.25, 0.3) is 0 Å². The van der Waals surface area contributed by atoms with Gasteiger partial charge in [-0.3, -0.25) is 9.59 Å². The van der Waals surface area contributed by atoms with Crippen LogP contribution >= 0.6 is 0 Å². The molecule has 5 rings (SSSR count). The maximum Gasteiger partial charge on any atom is 0.339 e. The number of carboxylic acid groups (broad SMARTS) is 2. The molecule has 0 saturated heterocycles. The summed E-state index contributed by atoms with van der Waals surface area (Å²) in [6.07, 6.45) is 11.0. The first kappa shape index (κ1) is 25.7. The van der Waals surface area contributed by atoms with Gasteiger partial charge in [0.2, 0.25) is 0 Å². The average molecular weight is 497 g/mol. The zero-order valence-corrected chi connectivity index (χ0v) is 23.2. The third-order valence-electron chi connectivity index (χ3n) is 12.6. The van der Waals surface area contributed by atoms with Crippen molar-refractivity contribution in [2.45, 2.75) is 99.8 Å². The van der Waals surface area contributed by atoms with Gasteiger partial charge < -0.3 is 10.2 Å². The van der Waals surface area contributed by atoms with Gasteiger partial charge in [-0.25, -0.2) is 4.79 Å². The van der Waals surface area contributed by atoms with E-state index in [-0.39, 0.29) is 45.4 Å². The maximum absolute atomic E-state index is 13.2. The van der Waals surface area contributed by atoms with E-state index >= 15 is 0 Å². The molecule has 5 nitrogen and oxygen atoms in total. The number of Topliss-reactive ketones (excluding diaryl/α,β-unsaturated/α-hetero) is 1. The highest BCUT2D eigenvalue weighted by Crippen LogP contribution is 2.75. The van der Waals surface area contributed by atoms with Crippen LogP contribution in [-0.2, 0) is 14.4 Å². The summed E-state index contributed by atoms with van der Waals surface area (Å²) < 4.78 is 0. The quantitative estimate of drug-likeness (QED) is 0.329. The number of rotatable bonds is 2. The van der Waals surface area contributed by atoms with Crippen molar-refractivity contribution < 1.29 is 24.6 Å². The lowest BCUT2D eigenvalue weighted by Gasteiger charge is -2.69. The third-order valence-corrected chi connectivity index (χ3v) is 12.6. The molecule has 7 atom stereocenters. The molecule has 0 aromatic rings. The van der Waals surface area contributed by atoms with Crippen molar-refractivity contribution in [3.8, 4) is 0 Å². The van der Waals surface area contributed by atoms with Crippen LogP contribution in [0.2, 0.25) is 0 Å². The molecule has 0 aromatic carbocycles. The van der Waals surface area contributed by atoms with Gasteiger partial charge in [-0.05, 0) is 90.8 Å². The van der Waals surface area contributed by atoms with Crippen molar-refractivity contribution in [2.75, 3.05) is 0 Å². The van der Waals surface area contributed by atoms with E-state index in [0.717, 1.165) is 44.9 Å². The molecule has 0 amide bonds. The van der Waals surface area contributed by atoms with Crippen molar-refractivity contribution in [3.63, 3.8) is 0 Å². The van der Waals surface area contributed by atoms with Gasteiger partial charge in [-0.1, -0.05) is 66.2 Å². The molecule has 0 heterocycles. The molecule has 0 aliphatic heterocycles. The first-order valence-corrected chi connectivity index (χ1v) is 13.9. The number of allylic oxidation sites excluding steroid dienone is 3. The number of hydrogen-bond donors (Lipinski definition) is 2. The Morgan fingerprint density at radius 2 is 1.53 bits per heavy atom. The molecule has 0 spiro atoms. The number of carbonyl (C=O) groups excluding carboxylic acids is 1. The minimum absolute atomic E-state index is 0.0505. The summed E-state index contributed by atoms with van der Waals surface area (Å²) in [5, 5.41) is 20.4. The van der Waals surface area contributed by atoms with E-state index in [1.165, 1.54) is 5.57 Å². The van der Waals surface area contributed by atoms with Crippen molar-refractivity contribution in [2.24, 2.45) is 50.2 Å². The molecule has 3 fully saturated rings. The Hall–Kier alpha value is -1.91. The van der Waals surface area contributed by atoms with Gasteiger partial charge >= 0.3 is 11.9 Å². The summed E-state index contributed by atoms with van der Waals surface area (Å²) in [5.41, 5.74) is -0.589. The molecule has 0 bridgehead atoms. The minimum Gasteiger partial charge on any atom is -0.481 e. The largest absolute Gasteiger partial charge is 0.481 e. The van der Waals surface area contributed by atoms with Gasteiger partial charge in [-0.15, -0.1) is 0 Å². The highest BCUT2D eigenvalue weighted by Gasteiger charge is 2.69. The van der Waals surface area contributed by atoms with Crippen molar-refractivity contribution in [1.82, 2.24) is 0 Å². The maximum atomic E-state index is 13.2. The number of ketones is 1. The fourth-order valence-corrected chi connectivity index (χ4v) is 10.3. The van der Waals surface area contributed by atoms with Crippen LogP contribution in [0, 0.1) is 50.2 Å². The van der Waals surface area contributed by atoms with Crippen LogP contribution in [0.5, 0.6) is 0 Å². The molecule has 0 aromatic heterocycles. The van der Waals surface area contributed by atoms with E-state index < -0.39 is 28.2 Å². The summed E-state index contributed by atoms with van der Waals surface area (Å²) in [7, 11) is 0. The molecule has 5 aliphatic carbocycles. The molecule has 5 heteroatoms. The Kier molecular flexibility index (Phi) is 5.25. The standard InChI is InChI=1S/C31H44O5/c1-26(2)12-14-31(25(35)36)15-13-29(6)19(20(31)17-26)8-9-22-28(5)16-18(24(33)34)23(32)27(3,4)21(28)10-11-30(22,29)7/h8,16,20-22H,9-15,17H2,1-7H3,(H,33,34)(H,35,36)/t20?,21-,22+,28-,29+,30+,31-/m0/s1. The smallest absolute Gasteiger partial charge is 0.339 e. The lowest BCUT2D eigenvalue weighted by atomic mass is 9.34. The summed E-state index contributed by atoms with van der Waals surface area (Å²) in [5.74, 6) is -1.65. The number of aliphatic carboxylic acids is 2. The number of carboxylic acids is 2. The monoisotopic (exact) mass is 496 g/mol. The van der Waals surface area contributed by atoms with Gasteiger partial charge in [0.15, 0.2) is 5.78 Å². The van der Waals surface area contributed by atoms with Gasteiger partial charge in [0, 0.05) is 5.41 Å². The predicted molar refractivity (Wildman–Crippen MR) is 138 cm³/mol. The van der Waals surface area contributed by atoms with E-state index in [0.29, 0.717) is 6.42 Å². The van der Waals surface area contributed by atoms with E-state index in [2.05, 4.69) is 40.7 Å². The first-order valence-electron chi connectivity index (χ1n) is 13.9. The Labute approximate surface area is 215 Å². The Balaban J connectivity index is 1.66.